The van der Waals surface area contributed by atoms with Gasteiger partial charge in [-0.15, -0.1) is 0 Å². The lowest BCUT2D eigenvalue weighted by Gasteiger charge is -2.07. The van der Waals surface area contributed by atoms with Crippen LogP contribution in [0.4, 0.5) is 0 Å². The number of imidazole rings is 1. The number of nitrogens with one attached hydrogen (secondary N) is 2. The van der Waals surface area contributed by atoms with E-state index < -0.39 is 0 Å². The van der Waals surface area contributed by atoms with Gasteiger partial charge in [0, 0.05) is 25.7 Å². The molecule has 0 radical (unpaired) electrons. The smallest absolute Gasteiger partial charge is 0.220 e. The second-order valence-corrected chi connectivity index (χ2v) is 5.28. The average molecular weight is 289 g/mol. The van der Waals surface area contributed by atoms with E-state index in [1.807, 2.05) is 18.2 Å². The van der Waals surface area contributed by atoms with E-state index in [9.17, 15) is 4.79 Å². The molecule has 0 unspecified atom stereocenters. The Bertz CT molecular complexity index is 632. The number of H-pyrrole nitrogens is 1. The maximum absolute atomic E-state index is 11.9. The summed E-state index contributed by atoms with van der Waals surface area (Å²) < 4.78 is 10.4. The molecule has 2 N–H and O–H groups in total. The molecule has 0 bridgehead atoms. The van der Waals surface area contributed by atoms with Gasteiger partial charge in [0.25, 0.3) is 0 Å². The minimum absolute atomic E-state index is 0.0449. The molecule has 1 aliphatic heterocycles. The predicted molar refractivity (Wildman–Crippen MR) is 78.0 cm³/mol. The van der Waals surface area contributed by atoms with E-state index in [1.54, 1.807) is 7.11 Å². The zero-order chi connectivity index (χ0) is 14.7. The molecule has 6 nitrogen and oxygen atoms in total. The number of rotatable bonds is 5. The molecule has 21 heavy (non-hydrogen) atoms. The summed E-state index contributed by atoms with van der Waals surface area (Å²) in [5, 5.41) is 2.90. The molecule has 0 spiro atoms. The van der Waals surface area contributed by atoms with Crippen molar-refractivity contribution >= 4 is 16.9 Å². The fourth-order valence-electron chi connectivity index (χ4n) is 2.51. The van der Waals surface area contributed by atoms with Crippen LogP contribution >= 0.6 is 0 Å². The highest BCUT2D eigenvalue weighted by Gasteiger charge is 2.19. The largest absolute Gasteiger partial charge is 0.497 e. The maximum atomic E-state index is 11.9. The standard InChI is InChI=1S/C15H19N3O3/c1-20-11-2-3-12-13(7-11)18-14(17-12)8-16-15(19)6-10-4-5-21-9-10/h2-3,7,10H,4-6,8-9H2,1H3,(H,16,19)(H,17,18)/t10-/m1/s1. The second-order valence-electron chi connectivity index (χ2n) is 5.28. The Labute approximate surface area is 122 Å². The third-order valence-corrected chi connectivity index (χ3v) is 3.69. The number of methoxy groups -OCH3 is 1. The normalized spacial score (nSPS) is 18.0. The van der Waals surface area contributed by atoms with E-state index in [-0.39, 0.29) is 5.91 Å². The van der Waals surface area contributed by atoms with Crippen molar-refractivity contribution in [1.82, 2.24) is 15.3 Å². The first-order chi connectivity index (χ1) is 10.2. The van der Waals surface area contributed by atoms with Gasteiger partial charge in [-0.25, -0.2) is 4.98 Å². The van der Waals surface area contributed by atoms with E-state index in [1.165, 1.54) is 0 Å². The molecule has 0 aliphatic carbocycles. The average Bonchev–Trinajstić information content (AvgIpc) is 3.12. The molecule has 1 atom stereocenters. The van der Waals surface area contributed by atoms with Crippen LogP contribution in [-0.2, 0) is 16.1 Å². The maximum Gasteiger partial charge on any atom is 0.220 e. The fourth-order valence-corrected chi connectivity index (χ4v) is 2.51. The zero-order valence-electron chi connectivity index (χ0n) is 12.0. The van der Waals surface area contributed by atoms with Crippen molar-refractivity contribution in [1.29, 1.82) is 0 Å². The molecular weight excluding hydrogens is 270 g/mol. The molecule has 1 amide bonds. The first-order valence-corrected chi connectivity index (χ1v) is 7.11. The summed E-state index contributed by atoms with van der Waals surface area (Å²) in [4.78, 5) is 19.5. The number of carbonyl (C=O) groups is 1. The van der Waals surface area contributed by atoms with E-state index in [0.717, 1.165) is 35.6 Å². The van der Waals surface area contributed by atoms with Crippen LogP contribution in [-0.4, -0.2) is 36.2 Å². The number of aromatic nitrogens is 2. The van der Waals surface area contributed by atoms with Crippen LogP contribution in [0.2, 0.25) is 0 Å². The summed E-state index contributed by atoms with van der Waals surface area (Å²) in [6.07, 6.45) is 1.49. The number of aromatic amines is 1. The van der Waals surface area contributed by atoms with Crippen LogP contribution in [0.3, 0.4) is 0 Å². The Hall–Kier alpha value is -2.08. The summed E-state index contributed by atoms with van der Waals surface area (Å²) in [7, 11) is 1.63. The Balaban J connectivity index is 1.58. The van der Waals surface area contributed by atoms with Gasteiger partial charge in [0.05, 0.1) is 24.7 Å². The van der Waals surface area contributed by atoms with Crippen LogP contribution < -0.4 is 10.1 Å². The molecular formula is C15H19N3O3. The Morgan fingerprint density at radius 1 is 1.57 bits per heavy atom. The van der Waals surface area contributed by atoms with Gasteiger partial charge in [-0.2, -0.15) is 0 Å². The molecule has 1 saturated heterocycles. The molecule has 2 aromatic rings. The lowest BCUT2D eigenvalue weighted by Crippen LogP contribution is -2.25. The van der Waals surface area contributed by atoms with Crippen LogP contribution in [0.15, 0.2) is 18.2 Å². The van der Waals surface area contributed by atoms with E-state index in [4.69, 9.17) is 9.47 Å². The second kappa shape index (κ2) is 6.13. The molecule has 1 aliphatic rings. The molecule has 112 valence electrons. The van der Waals surface area contributed by atoms with Crippen LogP contribution in [0, 0.1) is 5.92 Å². The lowest BCUT2D eigenvalue weighted by atomic mass is 10.1. The van der Waals surface area contributed by atoms with Gasteiger partial charge in [-0.1, -0.05) is 0 Å². The van der Waals surface area contributed by atoms with Gasteiger partial charge in [-0.3, -0.25) is 4.79 Å². The van der Waals surface area contributed by atoms with Crippen LogP contribution in [0.5, 0.6) is 5.75 Å². The third-order valence-electron chi connectivity index (χ3n) is 3.69. The molecule has 1 aromatic heterocycles. The first-order valence-electron chi connectivity index (χ1n) is 7.11. The van der Waals surface area contributed by atoms with E-state index in [2.05, 4.69) is 15.3 Å². The number of hydrogen-bond acceptors (Lipinski definition) is 4. The van der Waals surface area contributed by atoms with Crippen LogP contribution in [0.1, 0.15) is 18.7 Å². The summed E-state index contributed by atoms with van der Waals surface area (Å²) in [6, 6.07) is 5.65. The molecule has 3 rings (SSSR count). The number of ether oxygens (including phenoxy) is 2. The van der Waals surface area contributed by atoms with Crippen molar-refractivity contribution in [3.63, 3.8) is 0 Å². The number of fused-ring (bicyclic) bond motifs is 1. The summed E-state index contributed by atoms with van der Waals surface area (Å²) >= 11 is 0. The summed E-state index contributed by atoms with van der Waals surface area (Å²) in [5.74, 6) is 1.92. The van der Waals surface area contributed by atoms with Crippen molar-refractivity contribution < 1.29 is 14.3 Å². The van der Waals surface area contributed by atoms with Crippen molar-refractivity contribution in [2.75, 3.05) is 20.3 Å². The Morgan fingerprint density at radius 3 is 3.24 bits per heavy atom. The van der Waals surface area contributed by atoms with Gasteiger partial charge in [0.15, 0.2) is 0 Å². The van der Waals surface area contributed by atoms with Crippen molar-refractivity contribution in [3.05, 3.63) is 24.0 Å². The summed E-state index contributed by atoms with van der Waals surface area (Å²) in [5.41, 5.74) is 1.77. The van der Waals surface area contributed by atoms with Gasteiger partial charge in [-0.05, 0) is 24.5 Å². The minimum Gasteiger partial charge on any atom is -0.497 e. The van der Waals surface area contributed by atoms with E-state index >= 15 is 0 Å². The van der Waals surface area contributed by atoms with E-state index in [0.29, 0.717) is 25.5 Å². The topological polar surface area (TPSA) is 76.2 Å². The zero-order valence-corrected chi connectivity index (χ0v) is 12.0. The number of amides is 1. The first kappa shape index (κ1) is 13.9. The molecule has 0 saturated carbocycles. The monoisotopic (exact) mass is 289 g/mol. The van der Waals surface area contributed by atoms with Crippen molar-refractivity contribution in [3.8, 4) is 5.75 Å². The Morgan fingerprint density at radius 2 is 2.48 bits per heavy atom. The summed E-state index contributed by atoms with van der Waals surface area (Å²) in [6.45, 7) is 1.87. The van der Waals surface area contributed by atoms with Gasteiger partial charge < -0.3 is 19.8 Å². The number of hydrogen-bond donors (Lipinski definition) is 2. The van der Waals surface area contributed by atoms with Gasteiger partial charge >= 0.3 is 0 Å². The van der Waals surface area contributed by atoms with Gasteiger partial charge in [0.2, 0.25) is 5.91 Å². The highest BCUT2D eigenvalue weighted by atomic mass is 16.5. The quantitative estimate of drug-likeness (QED) is 0.877. The number of benzene rings is 1. The molecule has 1 fully saturated rings. The molecule has 6 heteroatoms. The third kappa shape index (κ3) is 3.33. The SMILES string of the molecule is COc1ccc2nc(CNC(=O)C[C@H]3CCOC3)[nH]c2c1. The van der Waals surface area contributed by atoms with Crippen molar-refractivity contribution in [2.24, 2.45) is 5.92 Å². The lowest BCUT2D eigenvalue weighted by molar-refractivity contribution is -0.122. The number of nitrogens with zero attached hydrogens (tertiary/aromatic N) is 1. The minimum atomic E-state index is 0.0449. The number of carbonyl (C=O) groups excluding carboxylic acids is 1. The Kier molecular flexibility index (Phi) is 4.06. The highest BCUT2D eigenvalue weighted by Crippen LogP contribution is 2.19. The molecule has 2 heterocycles. The van der Waals surface area contributed by atoms with Crippen LogP contribution in [0.25, 0.3) is 11.0 Å². The fraction of sp³-hybridized carbons (Fsp3) is 0.467. The van der Waals surface area contributed by atoms with Gasteiger partial charge in [0.1, 0.15) is 11.6 Å². The van der Waals surface area contributed by atoms with Crippen molar-refractivity contribution in [2.45, 2.75) is 19.4 Å². The molecule has 1 aromatic carbocycles. The predicted octanol–water partition coefficient (Wildman–Crippen LogP) is 1.61. The highest BCUT2D eigenvalue weighted by molar-refractivity contribution is 5.78.